The van der Waals surface area contributed by atoms with E-state index in [9.17, 15) is 0 Å². The monoisotopic (exact) mass is 202 g/mol. The Balaban J connectivity index is 2.49. The van der Waals surface area contributed by atoms with Crippen molar-refractivity contribution in [3.8, 4) is 10.4 Å². The van der Waals surface area contributed by atoms with Gasteiger partial charge in [0.1, 0.15) is 0 Å². The lowest BCUT2D eigenvalue weighted by molar-refractivity contribution is 1.24. The third-order valence-electron chi connectivity index (χ3n) is 2.51. The zero-order valence-corrected chi connectivity index (χ0v) is 9.40. The third-order valence-corrected chi connectivity index (χ3v) is 3.39. The van der Waals surface area contributed by atoms with Gasteiger partial charge in [0.25, 0.3) is 0 Å². The number of hydrogen-bond acceptors (Lipinski definition) is 1. The van der Waals surface area contributed by atoms with Crippen LogP contribution in [0.1, 0.15) is 18.1 Å². The minimum atomic E-state index is 1.06. The first kappa shape index (κ1) is 9.47. The van der Waals surface area contributed by atoms with Gasteiger partial charge >= 0.3 is 0 Å². The first-order chi connectivity index (χ1) is 6.83. The zero-order valence-electron chi connectivity index (χ0n) is 8.58. The van der Waals surface area contributed by atoms with Gasteiger partial charge in [0.05, 0.1) is 0 Å². The molecule has 0 bridgehead atoms. The molecule has 0 saturated heterocycles. The first-order valence-electron chi connectivity index (χ1n) is 4.90. The van der Waals surface area contributed by atoms with E-state index in [4.69, 9.17) is 0 Å². The molecule has 1 aliphatic heterocycles. The van der Waals surface area contributed by atoms with Gasteiger partial charge in [-0.05, 0) is 48.4 Å². The van der Waals surface area contributed by atoms with Crippen LogP contribution in [0.3, 0.4) is 0 Å². The van der Waals surface area contributed by atoms with Crippen molar-refractivity contribution >= 4 is 11.3 Å². The van der Waals surface area contributed by atoms with Crippen LogP contribution >= 0.6 is 11.3 Å². The van der Waals surface area contributed by atoms with Crippen molar-refractivity contribution in [3.05, 3.63) is 46.9 Å². The molecular formula is C13H14S. The third kappa shape index (κ3) is 1.60. The minimum absolute atomic E-state index is 1.06. The standard InChI is InChI=1S/C13H14S/c1-3-4-6-11-10(2)9-13-12(11)7-5-8-14-13/h3-5,7-9H,6H2,1-2H3. The van der Waals surface area contributed by atoms with Gasteiger partial charge in [-0.3, -0.25) is 0 Å². The fraction of sp³-hybridized carbons (Fsp3) is 0.231. The number of fused-ring (bicyclic) bond motifs is 1. The van der Waals surface area contributed by atoms with Crippen LogP contribution in [0.25, 0.3) is 10.4 Å². The van der Waals surface area contributed by atoms with Crippen LogP contribution < -0.4 is 0 Å². The SMILES string of the molecule is CC=CCc1c(C)cc2scccc1-2. The van der Waals surface area contributed by atoms with Crippen LogP contribution in [-0.2, 0) is 6.42 Å². The fourth-order valence-corrected chi connectivity index (χ4v) is 2.62. The summed E-state index contributed by atoms with van der Waals surface area (Å²) in [4.78, 5) is 1.41. The lowest BCUT2D eigenvalue weighted by Crippen LogP contribution is -1.82. The molecule has 0 unspecified atom stereocenters. The van der Waals surface area contributed by atoms with Crippen LogP contribution in [0.5, 0.6) is 0 Å². The summed E-state index contributed by atoms with van der Waals surface area (Å²) in [5.74, 6) is 0. The van der Waals surface area contributed by atoms with Gasteiger partial charge < -0.3 is 0 Å². The highest BCUT2D eigenvalue weighted by Crippen LogP contribution is 2.34. The summed E-state index contributed by atoms with van der Waals surface area (Å²) in [5, 5.41) is 2.14. The van der Waals surface area contributed by atoms with Crippen molar-refractivity contribution in [2.24, 2.45) is 0 Å². The lowest BCUT2D eigenvalue weighted by atomic mass is 10.1. The molecule has 0 saturated carbocycles. The molecule has 1 heterocycles. The largest absolute Gasteiger partial charge is 0.144 e. The molecule has 1 heteroatoms. The van der Waals surface area contributed by atoms with E-state index in [1.54, 1.807) is 0 Å². The number of aryl methyl sites for hydroxylation is 1. The topological polar surface area (TPSA) is 0 Å². The van der Waals surface area contributed by atoms with Gasteiger partial charge in [-0.1, -0.05) is 24.3 Å². The molecule has 1 aliphatic carbocycles. The van der Waals surface area contributed by atoms with Gasteiger partial charge in [0.15, 0.2) is 0 Å². The quantitative estimate of drug-likeness (QED) is 0.638. The van der Waals surface area contributed by atoms with Gasteiger partial charge in [0, 0.05) is 4.88 Å². The maximum Gasteiger partial charge on any atom is 0.0348 e. The van der Waals surface area contributed by atoms with E-state index in [-0.39, 0.29) is 0 Å². The van der Waals surface area contributed by atoms with Gasteiger partial charge in [0.2, 0.25) is 0 Å². The molecule has 0 aromatic carbocycles. The molecule has 0 amide bonds. The normalized spacial score (nSPS) is 11.6. The Labute approximate surface area is 89.2 Å². The van der Waals surface area contributed by atoms with E-state index < -0.39 is 0 Å². The molecule has 0 radical (unpaired) electrons. The van der Waals surface area contributed by atoms with E-state index in [0.717, 1.165) is 6.42 Å². The highest BCUT2D eigenvalue weighted by Gasteiger charge is 2.11. The predicted molar refractivity (Wildman–Crippen MR) is 64.2 cm³/mol. The molecule has 2 rings (SSSR count). The molecule has 0 spiro atoms. The van der Waals surface area contributed by atoms with Crippen LogP contribution in [0.15, 0.2) is 35.7 Å². The number of hydrogen-bond donors (Lipinski definition) is 0. The fourth-order valence-electron chi connectivity index (χ4n) is 1.76. The summed E-state index contributed by atoms with van der Waals surface area (Å²) in [6.07, 6.45) is 5.40. The molecule has 14 heavy (non-hydrogen) atoms. The smallest absolute Gasteiger partial charge is 0.0348 e. The Kier molecular flexibility index (Phi) is 2.69. The Morgan fingerprint density at radius 2 is 2.29 bits per heavy atom. The van der Waals surface area contributed by atoms with Gasteiger partial charge in [-0.25, -0.2) is 0 Å². The molecule has 72 valence electrons. The molecule has 2 aliphatic rings. The second kappa shape index (κ2) is 3.97. The van der Waals surface area contributed by atoms with E-state index in [0.29, 0.717) is 0 Å². The molecule has 0 aromatic heterocycles. The van der Waals surface area contributed by atoms with Crippen molar-refractivity contribution in [1.29, 1.82) is 0 Å². The van der Waals surface area contributed by atoms with Crippen molar-refractivity contribution in [1.82, 2.24) is 0 Å². The van der Waals surface area contributed by atoms with Crippen LogP contribution in [-0.4, -0.2) is 0 Å². The number of rotatable bonds is 2. The van der Waals surface area contributed by atoms with Crippen LogP contribution in [0.4, 0.5) is 0 Å². The van der Waals surface area contributed by atoms with Crippen molar-refractivity contribution < 1.29 is 0 Å². The first-order valence-corrected chi connectivity index (χ1v) is 5.77. The Bertz CT molecular complexity index is 423. The lowest BCUT2D eigenvalue weighted by Gasteiger charge is -2.00. The van der Waals surface area contributed by atoms with Gasteiger partial charge in [-0.15, -0.1) is 11.3 Å². The second-order valence-corrected chi connectivity index (χ2v) is 4.42. The molecule has 0 N–H and O–H groups in total. The summed E-state index contributed by atoms with van der Waals surface area (Å²) in [7, 11) is 0. The van der Waals surface area contributed by atoms with Crippen LogP contribution in [0.2, 0.25) is 0 Å². The summed E-state index contributed by atoms with van der Waals surface area (Å²) in [6.45, 7) is 4.27. The second-order valence-electron chi connectivity index (χ2n) is 3.47. The molecule has 0 nitrogen and oxygen atoms in total. The maximum atomic E-state index is 2.29. The summed E-state index contributed by atoms with van der Waals surface area (Å²) >= 11 is 1.82. The highest BCUT2D eigenvalue weighted by molar-refractivity contribution is 7.13. The average Bonchev–Trinajstić information content (AvgIpc) is 2.51. The van der Waals surface area contributed by atoms with E-state index in [1.165, 1.54) is 21.6 Å². The van der Waals surface area contributed by atoms with Crippen molar-refractivity contribution in [2.75, 3.05) is 0 Å². The maximum absolute atomic E-state index is 2.29. The Morgan fingerprint density at radius 3 is 3.07 bits per heavy atom. The molecule has 0 aromatic rings. The van der Waals surface area contributed by atoms with Crippen LogP contribution in [0, 0.1) is 6.92 Å². The van der Waals surface area contributed by atoms with E-state index in [1.807, 2.05) is 11.3 Å². The summed E-state index contributed by atoms with van der Waals surface area (Å²) < 4.78 is 0. The summed E-state index contributed by atoms with van der Waals surface area (Å²) in [6, 6.07) is 6.64. The predicted octanol–water partition coefficient (Wildman–Crippen LogP) is 4.28. The van der Waals surface area contributed by atoms with Gasteiger partial charge in [-0.2, -0.15) is 0 Å². The van der Waals surface area contributed by atoms with E-state index in [2.05, 4.69) is 49.6 Å². The van der Waals surface area contributed by atoms with Crippen molar-refractivity contribution in [2.45, 2.75) is 20.3 Å². The molecule has 0 atom stereocenters. The Morgan fingerprint density at radius 1 is 1.43 bits per heavy atom. The van der Waals surface area contributed by atoms with Crippen molar-refractivity contribution in [3.63, 3.8) is 0 Å². The average molecular weight is 202 g/mol. The summed E-state index contributed by atoms with van der Waals surface area (Å²) in [5.41, 5.74) is 4.32. The van der Waals surface area contributed by atoms with E-state index >= 15 is 0 Å². The highest BCUT2D eigenvalue weighted by atomic mass is 32.1. The minimum Gasteiger partial charge on any atom is -0.144 e. The Hall–Kier alpha value is -1.08. The number of allylic oxidation sites excluding steroid dienone is 2. The molecular weight excluding hydrogens is 188 g/mol. The zero-order chi connectivity index (χ0) is 9.97. The molecule has 0 fully saturated rings.